The number of aliphatic hydroxyl groups is 9. The van der Waals surface area contributed by atoms with E-state index >= 15 is 0 Å². The van der Waals surface area contributed by atoms with Gasteiger partial charge in [0.15, 0.2) is 49.6 Å². The molecule has 0 aromatic heterocycles. The van der Waals surface area contributed by atoms with Crippen molar-refractivity contribution in [3.8, 4) is 0 Å². The van der Waals surface area contributed by atoms with Crippen LogP contribution in [0, 0.1) is 0 Å². The maximum atomic E-state index is 12.3. The zero-order chi connectivity index (χ0) is 62.3. The summed E-state index contributed by atoms with van der Waals surface area (Å²) < 4.78 is 97.8. The number of methoxy groups -OCH3 is 2. The Morgan fingerprint density at radius 3 is 1.17 bits per heavy atom. The Bertz CT molecular complexity index is 2140. The van der Waals surface area contributed by atoms with E-state index in [1.165, 1.54) is 14.2 Å². The van der Waals surface area contributed by atoms with E-state index in [1.54, 1.807) is 0 Å². The van der Waals surface area contributed by atoms with Crippen molar-refractivity contribution in [3.05, 3.63) is 0 Å². The first kappa shape index (κ1) is 70.5. The molecular weight excluding hydrogens is 1140 g/mol. The fourth-order valence-electron chi connectivity index (χ4n) is 9.14. The molecule has 25 atom stereocenters. The highest BCUT2D eigenvalue weighted by Crippen LogP contribution is 2.37. The van der Waals surface area contributed by atoms with Crippen LogP contribution in [0.1, 0.15) is 55.4 Å². The molecule has 0 bridgehead atoms. The van der Waals surface area contributed by atoms with Gasteiger partial charge in [0.05, 0.1) is 19.8 Å². The molecule has 0 radical (unpaired) electrons. The smallest absolute Gasteiger partial charge is 0.305 e. The maximum Gasteiger partial charge on any atom is 0.305 e. The Kier molecular flexibility index (Phi) is 27.6. The zero-order valence-corrected chi connectivity index (χ0v) is 46.6. The van der Waals surface area contributed by atoms with Crippen LogP contribution in [-0.2, 0) is 124 Å². The molecule has 5 rings (SSSR count). The Morgan fingerprint density at radius 1 is 0.313 bits per heavy atom. The fraction of sp³-hybridized carbons (Fsp3) is 0.833. The van der Waals surface area contributed by atoms with Crippen molar-refractivity contribution in [1.82, 2.24) is 0 Å². The number of esters is 8. The lowest BCUT2D eigenvalue weighted by molar-refractivity contribution is -0.366. The average molecular weight is 1210 g/mol. The monoisotopic (exact) mass is 1210 g/mol. The normalized spacial score (nSPS) is 38.8. The first-order chi connectivity index (χ1) is 39.0. The minimum absolute atomic E-state index is 0.507. The number of rotatable bonds is 21. The lowest BCUT2D eigenvalue weighted by atomic mass is 9.96. The van der Waals surface area contributed by atoms with Crippen molar-refractivity contribution < 1.29 is 170 Å². The predicted octanol–water partition coefficient (Wildman–Crippen LogP) is -7.10. The minimum Gasteiger partial charge on any atom is -0.463 e. The summed E-state index contributed by atoms with van der Waals surface area (Å²) in [5, 5.41) is 90.9. The van der Waals surface area contributed by atoms with Gasteiger partial charge in [-0.15, -0.1) is 0 Å². The average Bonchev–Trinajstić information content (AvgIpc) is 2.53. The number of carbonyl (C=O) groups excluding carboxylic acids is 8. The van der Waals surface area contributed by atoms with E-state index in [1.807, 2.05) is 0 Å². The molecule has 476 valence electrons. The molecule has 5 aliphatic rings. The van der Waals surface area contributed by atoms with Gasteiger partial charge in [-0.1, -0.05) is 0 Å². The molecule has 5 saturated heterocycles. The van der Waals surface area contributed by atoms with Gasteiger partial charge < -0.3 is 131 Å². The van der Waals surface area contributed by atoms with Crippen LogP contribution < -0.4 is 0 Å². The second-order valence-corrected chi connectivity index (χ2v) is 19.1. The molecule has 83 heavy (non-hydrogen) atoms. The molecule has 9 N–H and O–H groups in total. The standard InChI is InChI=1S/C28H38O19.C20H36O16/c1-11(29)37-9-19-21(39-13(3)31)23(40-14(4)32)26(43-17(7)35)28(46-19)47-22-20(10-38-12(2)30)45-27(44-18(8)36)25(42-16(6)34)24(22)41-15(5)33;1-30-16-7(4-22)34-20(15(29)11(16)25)36-17-8(35-18(31-2)14(28)12(17)26)5-32-19-13(27)10(24)9(23)6(3-21)33-19/h19-28H,9-10H2,1-8H3;6-29H,3-5H2,1-2H3/t19?,20?,21-,22-,23+,24+,25?,26?,27-,28+;6?,7?,8?,9-,10-,11+,12+,13?,14?,15?,16+,17+,18+,19-,20-/m10/s1. The van der Waals surface area contributed by atoms with Gasteiger partial charge in [0.1, 0.15) is 105 Å². The summed E-state index contributed by atoms with van der Waals surface area (Å²) in [6.07, 6.45) is -38.5. The quantitative estimate of drug-likeness (QED) is 0.0381. The van der Waals surface area contributed by atoms with E-state index < -0.39 is 234 Å². The van der Waals surface area contributed by atoms with Crippen molar-refractivity contribution in [3.63, 3.8) is 0 Å². The van der Waals surface area contributed by atoms with Gasteiger partial charge in [-0.2, -0.15) is 0 Å². The molecule has 35 heteroatoms. The number of ether oxygens (including phenoxy) is 18. The van der Waals surface area contributed by atoms with Gasteiger partial charge in [0, 0.05) is 69.6 Å². The zero-order valence-electron chi connectivity index (χ0n) is 46.6. The Hall–Kier alpha value is -5.00. The molecule has 5 heterocycles. The summed E-state index contributed by atoms with van der Waals surface area (Å²) in [6.45, 7) is 5.27. The van der Waals surface area contributed by atoms with E-state index in [0.717, 1.165) is 55.4 Å². The first-order valence-corrected chi connectivity index (χ1v) is 25.5. The third-order valence-corrected chi connectivity index (χ3v) is 12.7. The highest BCUT2D eigenvalue weighted by molar-refractivity contribution is 5.70. The summed E-state index contributed by atoms with van der Waals surface area (Å²) in [6, 6.07) is 0. The number of hydrogen-bond donors (Lipinski definition) is 9. The van der Waals surface area contributed by atoms with Crippen molar-refractivity contribution >= 4 is 47.8 Å². The number of aliphatic hydroxyl groups excluding tert-OH is 9. The Balaban J connectivity index is 0.000000368. The minimum atomic E-state index is -1.83. The lowest BCUT2D eigenvalue weighted by Gasteiger charge is -2.48. The second kappa shape index (κ2) is 32.5. The molecule has 0 saturated carbocycles. The summed E-state index contributed by atoms with van der Waals surface area (Å²) in [5.74, 6) is -7.02. The highest BCUT2D eigenvalue weighted by atomic mass is 16.8. The fourth-order valence-corrected chi connectivity index (χ4v) is 9.14. The van der Waals surface area contributed by atoms with Crippen LogP contribution in [0.2, 0.25) is 0 Å². The molecule has 35 nitrogen and oxygen atoms in total. The number of carbonyl (C=O) groups is 8. The van der Waals surface area contributed by atoms with Crippen LogP contribution in [0.4, 0.5) is 0 Å². The van der Waals surface area contributed by atoms with Crippen LogP contribution in [0.5, 0.6) is 0 Å². The second-order valence-electron chi connectivity index (χ2n) is 19.1. The van der Waals surface area contributed by atoms with Crippen LogP contribution in [0.3, 0.4) is 0 Å². The first-order valence-electron chi connectivity index (χ1n) is 25.5. The largest absolute Gasteiger partial charge is 0.463 e. The third kappa shape index (κ3) is 19.2. The summed E-state index contributed by atoms with van der Waals surface area (Å²) in [5.41, 5.74) is 0. The van der Waals surface area contributed by atoms with Crippen LogP contribution in [0.25, 0.3) is 0 Å². The Morgan fingerprint density at radius 2 is 0.687 bits per heavy atom. The van der Waals surface area contributed by atoms with Crippen molar-refractivity contribution in [2.24, 2.45) is 0 Å². The topological polar surface area (TPSA) is 485 Å². The van der Waals surface area contributed by atoms with Gasteiger partial charge in [-0.3, -0.25) is 38.4 Å². The highest BCUT2D eigenvalue weighted by Gasteiger charge is 2.59. The van der Waals surface area contributed by atoms with E-state index in [9.17, 15) is 84.3 Å². The summed E-state index contributed by atoms with van der Waals surface area (Å²) in [7, 11) is 2.46. The number of hydrogen-bond acceptors (Lipinski definition) is 35. The molecule has 0 spiro atoms. The molecule has 0 aromatic carbocycles. The van der Waals surface area contributed by atoms with Gasteiger partial charge in [-0.25, -0.2) is 0 Å². The van der Waals surface area contributed by atoms with E-state index in [2.05, 4.69) is 0 Å². The van der Waals surface area contributed by atoms with Gasteiger partial charge in [-0.05, 0) is 0 Å². The molecule has 0 aliphatic carbocycles. The van der Waals surface area contributed by atoms with Crippen molar-refractivity contribution in [2.75, 3.05) is 47.3 Å². The lowest BCUT2D eigenvalue weighted by Crippen LogP contribution is -2.67. The van der Waals surface area contributed by atoms with Crippen LogP contribution in [-0.4, -0.2) is 294 Å². The van der Waals surface area contributed by atoms with Gasteiger partial charge in [0.25, 0.3) is 0 Å². The van der Waals surface area contributed by atoms with Crippen molar-refractivity contribution in [2.45, 2.75) is 209 Å². The van der Waals surface area contributed by atoms with Crippen LogP contribution >= 0.6 is 0 Å². The van der Waals surface area contributed by atoms with Gasteiger partial charge >= 0.3 is 47.8 Å². The molecule has 5 fully saturated rings. The summed E-state index contributed by atoms with van der Waals surface area (Å²) >= 11 is 0. The SMILES string of the molecule is CC(=O)OCC1O[C@@H](O[C@@H]2C(COC(C)=O)O[C@@H](OC(C)=O)C(OC(C)=O)[C@H]2OC(C)=O)C(OC(C)=O)[C@@H](OC(C)=O)[C@@H]1OC(C)=O.CO[C@@H]1OC(CO[C@H]2OC(CO)[C@H](O)[C@H](O)C2O)[C@@H](O[C@@H]2OC(CO)[C@@H](OC)[C@H](O)C2O)[C@H](O)C1O. The van der Waals surface area contributed by atoms with E-state index in [4.69, 9.17) is 85.3 Å². The summed E-state index contributed by atoms with van der Waals surface area (Å²) in [4.78, 5) is 96.3. The Labute approximate surface area is 472 Å². The van der Waals surface area contributed by atoms with Crippen LogP contribution in [0.15, 0.2) is 0 Å². The third-order valence-electron chi connectivity index (χ3n) is 12.7. The van der Waals surface area contributed by atoms with Crippen molar-refractivity contribution in [1.29, 1.82) is 0 Å². The maximum absolute atomic E-state index is 12.3. The molecular formula is C48H74O35. The molecule has 5 aliphatic heterocycles. The molecule has 10 unspecified atom stereocenters. The predicted molar refractivity (Wildman–Crippen MR) is 256 cm³/mol. The van der Waals surface area contributed by atoms with E-state index in [-0.39, 0.29) is 0 Å². The molecule has 0 amide bonds. The van der Waals surface area contributed by atoms with E-state index in [0.29, 0.717) is 0 Å². The molecule has 0 aromatic rings. The van der Waals surface area contributed by atoms with Gasteiger partial charge in [0.2, 0.25) is 12.4 Å².